The molecule has 1 aliphatic rings. The summed E-state index contributed by atoms with van der Waals surface area (Å²) in [4.78, 5) is 12.7. The van der Waals surface area contributed by atoms with Crippen LogP contribution in [0.1, 0.15) is 12.8 Å². The smallest absolute Gasteiger partial charge is 0.409 e. The monoisotopic (exact) mass is 185 g/mol. The van der Waals surface area contributed by atoms with Crippen molar-refractivity contribution in [2.75, 3.05) is 20.2 Å². The zero-order valence-electron chi connectivity index (χ0n) is 7.75. The first kappa shape index (κ1) is 9.83. The Morgan fingerprint density at radius 1 is 1.69 bits per heavy atom. The van der Waals surface area contributed by atoms with Crippen molar-refractivity contribution >= 4 is 11.9 Å². The van der Waals surface area contributed by atoms with Crippen LogP contribution in [0.5, 0.6) is 0 Å². The summed E-state index contributed by atoms with van der Waals surface area (Å²) >= 11 is 0. The lowest BCUT2D eigenvalue weighted by molar-refractivity contribution is 0.109. The summed E-state index contributed by atoms with van der Waals surface area (Å²) in [6.45, 7) is 1.22. The molecule has 0 saturated carbocycles. The lowest BCUT2D eigenvalue weighted by Crippen LogP contribution is -2.43. The molecule has 0 spiro atoms. The molecule has 0 aliphatic carbocycles. The van der Waals surface area contributed by atoms with Crippen molar-refractivity contribution in [3.05, 3.63) is 0 Å². The van der Waals surface area contributed by atoms with Crippen LogP contribution in [-0.2, 0) is 4.74 Å². The number of carbonyl (C=O) groups is 1. The SMILES string of the molecule is COC(=O)N1CCCC(C(=N)N)C1. The van der Waals surface area contributed by atoms with E-state index in [-0.39, 0.29) is 17.8 Å². The number of nitrogens with two attached hydrogens (primary N) is 1. The molecule has 3 N–H and O–H groups in total. The van der Waals surface area contributed by atoms with E-state index in [1.807, 2.05) is 0 Å². The third-order valence-electron chi connectivity index (χ3n) is 2.29. The zero-order chi connectivity index (χ0) is 9.84. The molecule has 1 rings (SSSR count). The Morgan fingerprint density at radius 3 is 2.92 bits per heavy atom. The Morgan fingerprint density at radius 2 is 2.38 bits per heavy atom. The molecule has 1 saturated heterocycles. The van der Waals surface area contributed by atoms with Crippen LogP contribution in [-0.4, -0.2) is 37.0 Å². The number of amidine groups is 1. The van der Waals surface area contributed by atoms with Gasteiger partial charge in [0.2, 0.25) is 0 Å². The van der Waals surface area contributed by atoms with Gasteiger partial charge in [0, 0.05) is 19.0 Å². The first-order chi connectivity index (χ1) is 6.15. The van der Waals surface area contributed by atoms with E-state index < -0.39 is 0 Å². The number of methoxy groups -OCH3 is 1. The zero-order valence-corrected chi connectivity index (χ0v) is 7.75. The van der Waals surface area contributed by atoms with Gasteiger partial charge < -0.3 is 15.4 Å². The van der Waals surface area contributed by atoms with Gasteiger partial charge in [0.1, 0.15) is 0 Å². The van der Waals surface area contributed by atoms with Gasteiger partial charge >= 0.3 is 6.09 Å². The normalized spacial score (nSPS) is 22.5. The van der Waals surface area contributed by atoms with E-state index in [1.54, 1.807) is 4.90 Å². The average molecular weight is 185 g/mol. The minimum atomic E-state index is -0.328. The van der Waals surface area contributed by atoms with Crippen LogP contribution in [0.2, 0.25) is 0 Å². The van der Waals surface area contributed by atoms with Crippen molar-refractivity contribution in [3.63, 3.8) is 0 Å². The molecule has 1 amide bonds. The van der Waals surface area contributed by atoms with Crippen LogP contribution < -0.4 is 5.73 Å². The summed E-state index contributed by atoms with van der Waals surface area (Å²) in [6, 6.07) is 0. The molecule has 0 aromatic carbocycles. The number of piperidine rings is 1. The molecular formula is C8H15N3O2. The Kier molecular flexibility index (Phi) is 3.11. The van der Waals surface area contributed by atoms with E-state index >= 15 is 0 Å². The summed E-state index contributed by atoms with van der Waals surface area (Å²) in [5.41, 5.74) is 5.38. The fourth-order valence-corrected chi connectivity index (χ4v) is 1.53. The number of hydrogen-bond donors (Lipinski definition) is 2. The van der Waals surface area contributed by atoms with Gasteiger partial charge in [-0.3, -0.25) is 5.41 Å². The van der Waals surface area contributed by atoms with E-state index in [2.05, 4.69) is 4.74 Å². The highest BCUT2D eigenvalue weighted by Crippen LogP contribution is 2.16. The molecule has 0 aromatic rings. The molecule has 13 heavy (non-hydrogen) atoms. The summed E-state index contributed by atoms with van der Waals surface area (Å²) < 4.78 is 4.59. The standard InChI is InChI=1S/C8H15N3O2/c1-13-8(12)11-4-2-3-6(5-11)7(9)10/h6H,2-5H2,1H3,(H3,9,10). The molecule has 1 aliphatic heterocycles. The summed E-state index contributed by atoms with van der Waals surface area (Å²) in [6.07, 6.45) is 1.45. The third-order valence-corrected chi connectivity index (χ3v) is 2.29. The number of rotatable bonds is 1. The van der Waals surface area contributed by atoms with E-state index in [1.165, 1.54) is 7.11 Å². The highest BCUT2D eigenvalue weighted by Gasteiger charge is 2.25. The van der Waals surface area contributed by atoms with Crippen molar-refractivity contribution in [2.24, 2.45) is 11.7 Å². The average Bonchev–Trinajstić information content (AvgIpc) is 2.17. The summed E-state index contributed by atoms with van der Waals surface area (Å²) in [5.74, 6) is 0.168. The molecule has 5 heteroatoms. The predicted molar refractivity (Wildman–Crippen MR) is 48.6 cm³/mol. The van der Waals surface area contributed by atoms with Gasteiger partial charge in [-0.25, -0.2) is 4.79 Å². The molecule has 1 atom stereocenters. The van der Waals surface area contributed by atoms with Gasteiger partial charge in [-0.15, -0.1) is 0 Å². The molecule has 1 unspecified atom stereocenters. The molecule has 0 aromatic heterocycles. The van der Waals surface area contributed by atoms with Crippen LogP contribution in [0.4, 0.5) is 4.79 Å². The lowest BCUT2D eigenvalue weighted by Gasteiger charge is -2.30. The first-order valence-electron chi connectivity index (χ1n) is 4.32. The highest BCUT2D eigenvalue weighted by atomic mass is 16.5. The maximum Gasteiger partial charge on any atom is 0.409 e. The van der Waals surface area contributed by atoms with Crippen LogP contribution in [0, 0.1) is 11.3 Å². The van der Waals surface area contributed by atoms with Crippen molar-refractivity contribution in [1.82, 2.24) is 4.90 Å². The summed E-state index contributed by atoms with van der Waals surface area (Å²) in [5, 5.41) is 7.28. The maximum absolute atomic E-state index is 11.1. The predicted octanol–water partition coefficient (Wildman–Crippen LogP) is 0.401. The molecule has 5 nitrogen and oxygen atoms in total. The van der Waals surface area contributed by atoms with Crippen LogP contribution >= 0.6 is 0 Å². The number of likely N-dealkylation sites (tertiary alicyclic amines) is 1. The largest absolute Gasteiger partial charge is 0.453 e. The quantitative estimate of drug-likeness (QED) is 0.458. The highest BCUT2D eigenvalue weighted by molar-refractivity contribution is 5.80. The summed E-state index contributed by atoms with van der Waals surface area (Å²) in [7, 11) is 1.36. The fraction of sp³-hybridized carbons (Fsp3) is 0.750. The van der Waals surface area contributed by atoms with Gasteiger partial charge in [0.05, 0.1) is 12.9 Å². The van der Waals surface area contributed by atoms with E-state index in [9.17, 15) is 4.79 Å². The van der Waals surface area contributed by atoms with Crippen molar-refractivity contribution in [3.8, 4) is 0 Å². The van der Waals surface area contributed by atoms with Gasteiger partial charge in [-0.2, -0.15) is 0 Å². The van der Waals surface area contributed by atoms with Gasteiger partial charge in [-0.05, 0) is 12.8 Å². The van der Waals surface area contributed by atoms with Crippen molar-refractivity contribution < 1.29 is 9.53 Å². The van der Waals surface area contributed by atoms with Crippen molar-refractivity contribution in [2.45, 2.75) is 12.8 Å². The Labute approximate surface area is 77.3 Å². The maximum atomic E-state index is 11.1. The minimum absolute atomic E-state index is 0.00727. The number of amides is 1. The van der Waals surface area contributed by atoms with Crippen LogP contribution in [0.25, 0.3) is 0 Å². The van der Waals surface area contributed by atoms with Gasteiger partial charge in [-0.1, -0.05) is 0 Å². The number of ether oxygens (including phenoxy) is 1. The third kappa shape index (κ3) is 2.34. The Bertz CT molecular complexity index is 217. The van der Waals surface area contributed by atoms with Crippen molar-refractivity contribution in [1.29, 1.82) is 5.41 Å². The second-order valence-corrected chi connectivity index (χ2v) is 3.21. The lowest BCUT2D eigenvalue weighted by atomic mass is 9.97. The number of carbonyl (C=O) groups excluding carboxylic acids is 1. The molecule has 0 bridgehead atoms. The number of nitrogens with zero attached hydrogens (tertiary/aromatic N) is 1. The molecular weight excluding hydrogens is 170 g/mol. The molecule has 74 valence electrons. The molecule has 1 heterocycles. The molecule has 0 radical (unpaired) electrons. The Hall–Kier alpha value is -1.26. The van der Waals surface area contributed by atoms with E-state index in [0.29, 0.717) is 13.1 Å². The number of hydrogen-bond acceptors (Lipinski definition) is 3. The van der Waals surface area contributed by atoms with Gasteiger partial charge in [0.15, 0.2) is 0 Å². The second-order valence-electron chi connectivity index (χ2n) is 3.21. The van der Waals surface area contributed by atoms with E-state index in [4.69, 9.17) is 11.1 Å². The van der Waals surface area contributed by atoms with Gasteiger partial charge in [0.25, 0.3) is 0 Å². The molecule has 1 fully saturated rings. The first-order valence-corrected chi connectivity index (χ1v) is 4.32. The van der Waals surface area contributed by atoms with Crippen LogP contribution in [0.3, 0.4) is 0 Å². The Balaban J connectivity index is 2.51. The topological polar surface area (TPSA) is 79.4 Å². The fourth-order valence-electron chi connectivity index (χ4n) is 1.53. The minimum Gasteiger partial charge on any atom is -0.453 e. The number of nitrogens with one attached hydrogen (secondary N) is 1. The van der Waals surface area contributed by atoms with E-state index in [0.717, 1.165) is 12.8 Å². The van der Waals surface area contributed by atoms with Crippen LogP contribution in [0.15, 0.2) is 0 Å². The second kappa shape index (κ2) is 4.11.